The van der Waals surface area contributed by atoms with E-state index in [1.54, 1.807) is 0 Å². The molecule has 0 aromatic heterocycles. The van der Waals surface area contributed by atoms with Crippen LogP contribution in [-0.2, 0) is 8.85 Å². The van der Waals surface area contributed by atoms with Gasteiger partial charge < -0.3 is 8.85 Å². The Morgan fingerprint density at radius 2 is 1.60 bits per heavy atom. The Morgan fingerprint density at radius 1 is 0.867 bits per heavy atom. The fourth-order valence-electron chi connectivity index (χ4n) is 8.42. The Hall–Kier alpha value is -0.0662. The van der Waals surface area contributed by atoms with Crippen molar-refractivity contribution in [2.24, 2.45) is 35.0 Å². The molecule has 3 fully saturated rings. The summed E-state index contributed by atoms with van der Waals surface area (Å²) in [5.41, 5.74) is 0.543. The highest BCUT2D eigenvalue weighted by Gasteiger charge is 2.63. The smallest absolute Gasteiger partial charge is 0.241 e. The van der Waals surface area contributed by atoms with Gasteiger partial charge in [0.1, 0.15) is 0 Å². The molecule has 3 saturated carbocycles. The lowest BCUT2D eigenvalue weighted by atomic mass is 9.49. The van der Waals surface area contributed by atoms with Gasteiger partial charge in [0.05, 0.1) is 11.4 Å². The van der Waals surface area contributed by atoms with Crippen molar-refractivity contribution in [2.45, 2.75) is 117 Å². The minimum Gasteiger partial charge on any atom is -0.548 e. The quantitative estimate of drug-likeness (QED) is 0.397. The summed E-state index contributed by atoms with van der Waals surface area (Å²) in [7, 11) is -3.04. The van der Waals surface area contributed by atoms with Gasteiger partial charge in [-0.1, -0.05) is 13.8 Å². The second-order valence-corrected chi connectivity index (χ2v) is 22.1. The fraction of sp³-hybridized carbons (Fsp3) is 0.923. The molecule has 0 spiro atoms. The van der Waals surface area contributed by atoms with Gasteiger partial charge in [-0.25, -0.2) is 0 Å². The van der Waals surface area contributed by atoms with Crippen LogP contribution in [0.3, 0.4) is 0 Å². The molecule has 7 atom stereocenters. The van der Waals surface area contributed by atoms with Crippen LogP contribution >= 0.6 is 0 Å². The van der Waals surface area contributed by atoms with Crippen molar-refractivity contribution in [3.8, 4) is 0 Å². The van der Waals surface area contributed by atoms with E-state index >= 15 is 0 Å². The molecule has 0 aromatic carbocycles. The standard InChI is InChI=1S/C26H48O2Si2/c1-9-26(28-30(6,7)8)17-15-24-23-12-10-19-18-20(27-29(3,4)5)11-13-21(19)22(23)14-16-25(24,26)2/h18-19,21-24H,9-17H2,1-8H3/t19-,21?,22?,23?,24?,25-,26-/m0/s1. The van der Waals surface area contributed by atoms with Gasteiger partial charge in [0.2, 0.25) is 8.32 Å². The van der Waals surface area contributed by atoms with Crippen LogP contribution in [0.4, 0.5) is 0 Å². The maximum Gasteiger partial charge on any atom is 0.241 e. The van der Waals surface area contributed by atoms with Gasteiger partial charge in [0.15, 0.2) is 8.32 Å². The first-order valence-corrected chi connectivity index (χ1v) is 19.8. The molecule has 0 N–H and O–H groups in total. The molecule has 4 aliphatic carbocycles. The van der Waals surface area contributed by atoms with Gasteiger partial charge in [-0.2, -0.15) is 0 Å². The Labute approximate surface area is 188 Å². The molecule has 0 saturated heterocycles. The molecule has 4 unspecified atom stereocenters. The predicted octanol–water partition coefficient (Wildman–Crippen LogP) is 7.98. The zero-order valence-corrected chi connectivity index (χ0v) is 23.1. The highest BCUT2D eigenvalue weighted by molar-refractivity contribution is 6.70. The van der Waals surface area contributed by atoms with E-state index in [2.05, 4.69) is 59.2 Å². The van der Waals surface area contributed by atoms with Crippen molar-refractivity contribution in [2.75, 3.05) is 0 Å². The van der Waals surface area contributed by atoms with E-state index < -0.39 is 16.6 Å². The molecule has 0 aliphatic heterocycles. The van der Waals surface area contributed by atoms with Crippen LogP contribution in [0, 0.1) is 35.0 Å². The third kappa shape index (κ3) is 4.03. The maximum atomic E-state index is 7.07. The molecule has 0 bridgehead atoms. The summed E-state index contributed by atoms with van der Waals surface area (Å²) in [6, 6.07) is 0. The SMILES string of the molecule is CC[C@]1(O[Si](C)(C)C)CCC2C3CC[C@H]4C=C(O[Si](C)(C)C)CCC4C3CC[C@@]21C. The van der Waals surface area contributed by atoms with Crippen molar-refractivity contribution in [1.82, 2.24) is 0 Å². The summed E-state index contributed by atoms with van der Waals surface area (Å²) < 4.78 is 13.5. The van der Waals surface area contributed by atoms with Crippen molar-refractivity contribution >= 4 is 16.6 Å². The summed E-state index contributed by atoms with van der Waals surface area (Å²) >= 11 is 0. The highest BCUT2D eigenvalue weighted by Crippen LogP contribution is 2.67. The normalized spacial score (nSPS) is 44.0. The van der Waals surface area contributed by atoms with E-state index in [4.69, 9.17) is 8.85 Å². The van der Waals surface area contributed by atoms with E-state index in [0.29, 0.717) is 5.41 Å². The second-order valence-electron chi connectivity index (χ2n) is 13.3. The average molecular weight is 449 g/mol. The van der Waals surface area contributed by atoms with Gasteiger partial charge in [0.25, 0.3) is 0 Å². The first-order chi connectivity index (χ1) is 13.9. The van der Waals surface area contributed by atoms with Crippen molar-refractivity contribution in [1.29, 1.82) is 0 Å². The Balaban J connectivity index is 1.53. The molecular formula is C26H48O2Si2. The summed E-state index contributed by atoms with van der Waals surface area (Å²) in [5.74, 6) is 5.81. The van der Waals surface area contributed by atoms with E-state index in [0.717, 1.165) is 29.6 Å². The van der Waals surface area contributed by atoms with Crippen LogP contribution in [0.2, 0.25) is 39.3 Å². The first-order valence-electron chi connectivity index (χ1n) is 13.0. The zero-order valence-electron chi connectivity index (χ0n) is 21.1. The minimum absolute atomic E-state index is 0.148. The Kier molecular flexibility index (Phi) is 5.98. The highest BCUT2D eigenvalue weighted by atomic mass is 28.4. The molecule has 0 radical (unpaired) electrons. The van der Waals surface area contributed by atoms with E-state index in [-0.39, 0.29) is 5.60 Å². The molecule has 2 nitrogen and oxygen atoms in total. The first kappa shape index (κ1) is 23.1. The average Bonchev–Trinajstić information content (AvgIpc) is 2.91. The van der Waals surface area contributed by atoms with Crippen LogP contribution < -0.4 is 0 Å². The predicted molar refractivity (Wildman–Crippen MR) is 132 cm³/mol. The van der Waals surface area contributed by atoms with Crippen LogP contribution in [0.25, 0.3) is 0 Å². The minimum atomic E-state index is -1.56. The molecule has 4 heteroatoms. The molecule has 4 aliphatic rings. The monoisotopic (exact) mass is 448 g/mol. The lowest BCUT2D eigenvalue weighted by Gasteiger charge is -2.58. The third-order valence-corrected chi connectivity index (χ3v) is 11.2. The maximum absolute atomic E-state index is 7.07. The van der Waals surface area contributed by atoms with Gasteiger partial charge in [-0.15, -0.1) is 0 Å². The lowest BCUT2D eigenvalue weighted by Crippen LogP contribution is -2.56. The van der Waals surface area contributed by atoms with Gasteiger partial charge in [0, 0.05) is 6.42 Å². The van der Waals surface area contributed by atoms with E-state index in [9.17, 15) is 0 Å². The van der Waals surface area contributed by atoms with E-state index in [1.807, 2.05) is 0 Å². The van der Waals surface area contributed by atoms with Crippen molar-refractivity contribution < 1.29 is 8.85 Å². The summed E-state index contributed by atoms with van der Waals surface area (Å²) in [6.07, 6.45) is 14.7. The number of fused-ring (bicyclic) bond motifs is 5. The molecule has 172 valence electrons. The molecule has 0 amide bonds. The van der Waals surface area contributed by atoms with Crippen LogP contribution in [0.5, 0.6) is 0 Å². The third-order valence-electron chi connectivity index (χ3n) is 9.35. The van der Waals surface area contributed by atoms with Crippen molar-refractivity contribution in [3.63, 3.8) is 0 Å². The zero-order chi connectivity index (χ0) is 21.9. The largest absolute Gasteiger partial charge is 0.548 e. The number of allylic oxidation sites excluding steroid dienone is 2. The molecule has 4 rings (SSSR count). The topological polar surface area (TPSA) is 18.5 Å². The van der Waals surface area contributed by atoms with Gasteiger partial charge in [-0.3, -0.25) is 0 Å². The Morgan fingerprint density at radius 3 is 2.23 bits per heavy atom. The summed E-state index contributed by atoms with van der Waals surface area (Å²) in [6.45, 7) is 19.2. The van der Waals surface area contributed by atoms with Crippen molar-refractivity contribution in [3.05, 3.63) is 11.8 Å². The summed E-state index contributed by atoms with van der Waals surface area (Å²) in [4.78, 5) is 0. The second kappa shape index (κ2) is 7.76. The van der Waals surface area contributed by atoms with E-state index in [1.165, 1.54) is 63.5 Å². The number of rotatable bonds is 5. The van der Waals surface area contributed by atoms with Gasteiger partial charge in [-0.05, 0) is 132 Å². The van der Waals surface area contributed by atoms with Gasteiger partial charge >= 0.3 is 0 Å². The molecule has 0 aromatic rings. The Bertz CT molecular complexity index is 676. The van der Waals surface area contributed by atoms with Crippen LogP contribution in [0.15, 0.2) is 11.8 Å². The molecular weight excluding hydrogens is 400 g/mol. The molecule has 30 heavy (non-hydrogen) atoms. The fourth-order valence-corrected chi connectivity index (χ4v) is 11.0. The van der Waals surface area contributed by atoms with Crippen LogP contribution in [0.1, 0.15) is 71.6 Å². The van der Waals surface area contributed by atoms with Crippen LogP contribution in [-0.4, -0.2) is 22.2 Å². The number of hydrogen-bond donors (Lipinski definition) is 0. The molecule has 0 heterocycles. The summed E-state index contributed by atoms with van der Waals surface area (Å²) in [5, 5.41) is 0. The lowest BCUT2D eigenvalue weighted by molar-refractivity contribution is -0.117. The number of hydrogen-bond acceptors (Lipinski definition) is 2.